The van der Waals surface area contributed by atoms with Gasteiger partial charge in [-0.2, -0.15) is 0 Å². The third-order valence-electron chi connectivity index (χ3n) is 3.26. The molecule has 0 aromatic heterocycles. The van der Waals surface area contributed by atoms with Crippen LogP contribution in [0.2, 0.25) is 0 Å². The lowest BCUT2D eigenvalue weighted by Gasteiger charge is -2.07. The molecule has 1 N–H and O–H groups in total. The van der Waals surface area contributed by atoms with Crippen LogP contribution in [0.5, 0.6) is 0 Å². The Morgan fingerprint density at radius 3 is 2.71 bits per heavy atom. The maximum Gasteiger partial charge on any atom is 0.160 e. The molecule has 0 radical (unpaired) electrons. The first-order valence-corrected chi connectivity index (χ1v) is 6.32. The average Bonchev–Trinajstić information content (AvgIpc) is 2.53. The van der Waals surface area contributed by atoms with Crippen LogP contribution in [0.1, 0.15) is 37.7 Å². The molecular formula is C15H19NO. The molecule has 0 bridgehead atoms. The van der Waals surface area contributed by atoms with Gasteiger partial charge >= 0.3 is 0 Å². The number of benzene rings is 1. The van der Waals surface area contributed by atoms with E-state index >= 15 is 0 Å². The number of aryl methyl sites for hydroxylation is 1. The SMILES string of the molecule is Cc1ccccc1NC=C1CCCCCC1=O. The summed E-state index contributed by atoms with van der Waals surface area (Å²) < 4.78 is 0. The summed E-state index contributed by atoms with van der Waals surface area (Å²) >= 11 is 0. The van der Waals surface area contributed by atoms with Crippen molar-refractivity contribution < 1.29 is 4.79 Å². The number of carbonyl (C=O) groups excluding carboxylic acids is 1. The molecule has 0 amide bonds. The molecule has 0 saturated heterocycles. The summed E-state index contributed by atoms with van der Waals surface area (Å²) in [5.74, 6) is 0.309. The van der Waals surface area contributed by atoms with Gasteiger partial charge in [0.2, 0.25) is 0 Å². The highest BCUT2D eigenvalue weighted by atomic mass is 16.1. The highest BCUT2D eigenvalue weighted by molar-refractivity contribution is 5.95. The van der Waals surface area contributed by atoms with E-state index in [1.807, 2.05) is 24.4 Å². The zero-order valence-electron chi connectivity index (χ0n) is 10.3. The van der Waals surface area contributed by atoms with Crippen LogP contribution in [0.3, 0.4) is 0 Å². The quantitative estimate of drug-likeness (QED) is 0.617. The minimum absolute atomic E-state index is 0.309. The molecule has 2 heteroatoms. The van der Waals surface area contributed by atoms with Gasteiger partial charge in [-0.25, -0.2) is 0 Å². The van der Waals surface area contributed by atoms with Gasteiger partial charge in [0.05, 0.1) is 0 Å². The van der Waals surface area contributed by atoms with Crippen LogP contribution >= 0.6 is 0 Å². The molecule has 1 aliphatic carbocycles. The number of nitrogens with one attached hydrogen (secondary N) is 1. The second-order valence-corrected chi connectivity index (χ2v) is 4.61. The van der Waals surface area contributed by atoms with E-state index in [-0.39, 0.29) is 0 Å². The van der Waals surface area contributed by atoms with Gasteiger partial charge in [0.25, 0.3) is 0 Å². The van der Waals surface area contributed by atoms with Crippen molar-refractivity contribution in [2.45, 2.75) is 39.0 Å². The van der Waals surface area contributed by atoms with Crippen LogP contribution in [0.4, 0.5) is 5.69 Å². The van der Waals surface area contributed by atoms with Crippen molar-refractivity contribution >= 4 is 11.5 Å². The number of hydrogen-bond donors (Lipinski definition) is 1. The second-order valence-electron chi connectivity index (χ2n) is 4.61. The van der Waals surface area contributed by atoms with Crippen molar-refractivity contribution in [3.8, 4) is 0 Å². The molecule has 1 fully saturated rings. The van der Waals surface area contributed by atoms with Crippen LogP contribution < -0.4 is 5.32 Å². The van der Waals surface area contributed by atoms with E-state index in [1.165, 1.54) is 12.0 Å². The fourth-order valence-corrected chi connectivity index (χ4v) is 2.13. The molecule has 17 heavy (non-hydrogen) atoms. The summed E-state index contributed by atoms with van der Waals surface area (Å²) in [7, 11) is 0. The summed E-state index contributed by atoms with van der Waals surface area (Å²) in [6.45, 7) is 2.07. The number of Topliss-reactive ketones (excluding diaryl/α,β-unsaturated/α-hetero) is 1. The summed E-state index contributed by atoms with van der Waals surface area (Å²) in [5, 5.41) is 3.26. The van der Waals surface area contributed by atoms with Gasteiger partial charge < -0.3 is 5.32 Å². The first-order chi connectivity index (χ1) is 8.27. The minimum Gasteiger partial charge on any atom is -0.361 e. The number of hydrogen-bond acceptors (Lipinski definition) is 2. The maximum absolute atomic E-state index is 11.8. The van der Waals surface area contributed by atoms with Crippen LogP contribution in [-0.4, -0.2) is 5.78 Å². The summed E-state index contributed by atoms with van der Waals surface area (Å²) in [5.41, 5.74) is 3.23. The molecule has 90 valence electrons. The Morgan fingerprint density at radius 2 is 1.88 bits per heavy atom. The van der Waals surface area contributed by atoms with Gasteiger partial charge in [-0.05, 0) is 37.8 Å². The first kappa shape index (κ1) is 11.9. The van der Waals surface area contributed by atoms with E-state index in [9.17, 15) is 4.79 Å². The van der Waals surface area contributed by atoms with Gasteiger partial charge in [0, 0.05) is 23.9 Å². The number of ketones is 1. The van der Waals surface area contributed by atoms with Gasteiger partial charge in [-0.15, -0.1) is 0 Å². The second kappa shape index (κ2) is 5.67. The van der Waals surface area contributed by atoms with E-state index in [1.54, 1.807) is 0 Å². The van der Waals surface area contributed by atoms with E-state index < -0.39 is 0 Å². The Kier molecular flexibility index (Phi) is 3.97. The predicted molar refractivity (Wildman–Crippen MR) is 71.0 cm³/mol. The van der Waals surface area contributed by atoms with Gasteiger partial charge in [0.1, 0.15) is 0 Å². The lowest BCUT2D eigenvalue weighted by Crippen LogP contribution is -2.03. The van der Waals surface area contributed by atoms with E-state index in [2.05, 4.69) is 18.3 Å². The van der Waals surface area contributed by atoms with Crippen molar-refractivity contribution in [2.24, 2.45) is 0 Å². The fourth-order valence-electron chi connectivity index (χ4n) is 2.13. The molecule has 1 aromatic rings. The van der Waals surface area contributed by atoms with Crippen LogP contribution in [0.25, 0.3) is 0 Å². The fraction of sp³-hybridized carbons (Fsp3) is 0.400. The first-order valence-electron chi connectivity index (χ1n) is 6.32. The molecule has 0 spiro atoms. The van der Waals surface area contributed by atoms with E-state index in [0.29, 0.717) is 12.2 Å². The molecule has 0 aliphatic heterocycles. The highest BCUT2D eigenvalue weighted by Gasteiger charge is 2.12. The summed E-state index contributed by atoms with van der Waals surface area (Å²) in [6.07, 6.45) is 6.87. The number of para-hydroxylation sites is 1. The highest BCUT2D eigenvalue weighted by Crippen LogP contribution is 2.20. The topological polar surface area (TPSA) is 29.1 Å². The average molecular weight is 229 g/mol. The molecule has 1 aromatic carbocycles. The van der Waals surface area contributed by atoms with E-state index in [0.717, 1.165) is 30.5 Å². The molecule has 0 heterocycles. The zero-order valence-corrected chi connectivity index (χ0v) is 10.3. The lowest BCUT2D eigenvalue weighted by molar-refractivity contribution is -0.115. The van der Waals surface area contributed by atoms with Crippen LogP contribution in [0.15, 0.2) is 36.0 Å². The van der Waals surface area contributed by atoms with Crippen molar-refractivity contribution in [1.29, 1.82) is 0 Å². The normalized spacial score (nSPS) is 19.1. The summed E-state index contributed by atoms with van der Waals surface area (Å²) in [4.78, 5) is 11.8. The molecule has 0 unspecified atom stereocenters. The van der Waals surface area contributed by atoms with Crippen molar-refractivity contribution in [3.05, 3.63) is 41.6 Å². The Labute approximate surface area is 103 Å². The number of carbonyl (C=O) groups is 1. The lowest BCUT2D eigenvalue weighted by atomic mass is 10.1. The third-order valence-corrected chi connectivity index (χ3v) is 3.26. The number of rotatable bonds is 2. The van der Waals surface area contributed by atoms with Gasteiger partial charge in [0.15, 0.2) is 5.78 Å². The third kappa shape index (κ3) is 3.19. The Balaban J connectivity index is 2.09. The van der Waals surface area contributed by atoms with Crippen molar-refractivity contribution in [1.82, 2.24) is 0 Å². The Morgan fingerprint density at radius 1 is 1.12 bits per heavy atom. The number of allylic oxidation sites excluding steroid dienone is 1. The maximum atomic E-state index is 11.8. The van der Waals surface area contributed by atoms with Gasteiger partial charge in [-0.1, -0.05) is 24.6 Å². The Bertz CT molecular complexity index is 434. The smallest absolute Gasteiger partial charge is 0.160 e. The van der Waals surface area contributed by atoms with Crippen LogP contribution in [0, 0.1) is 6.92 Å². The Hall–Kier alpha value is -1.57. The summed E-state index contributed by atoms with van der Waals surface area (Å²) in [6, 6.07) is 8.12. The minimum atomic E-state index is 0.309. The molecule has 2 nitrogen and oxygen atoms in total. The van der Waals surface area contributed by atoms with E-state index in [4.69, 9.17) is 0 Å². The molecule has 2 rings (SSSR count). The molecule has 1 aliphatic rings. The van der Waals surface area contributed by atoms with Crippen LogP contribution in [-0.2, 0) is 4.79 Å². The van der Waals surface area contributed by atoms with Gasteiger partial charge in [-0.3, -0.25) is 4.79 Å². The largest absolute Gasteiger partial charge is 0.361 e. The van der Waals surface area contributed by atoms with Crippen molar-refractivity contribution in [2.75, 3.05) is 5.32 Å². The standard InChI is InChI=1S/C15H19NO/c1-12-7-5-6-9-14(12)16-11-13-8-3-2-4-10-15(13)17/h5-7,9,11,16H,2-4,8,10H2,1H3. The molecule has 1 saturated carbocycles. The molecule has 0 atom stereocenters. The van der Waals surface area contributed by atoms with Crippen molar-refractivity contribution in [3.63, 3.8) is 0 Å². The zero-order chi connectivity index (χ0) is 12.1. The number of anilines is 1. The monoisotopic (exact) mass is 229 g/mol. The molecular weight excluding hydrogens is 210 g/mol. The predicted octanol–water partition coefficient (Wildman–Crippen LogP) is 3.82.